The molecule has 0 radical (unpaired) electrons. The molecule has 8 heteroatoms. The number of thiophene rings is 1. The molecule has 2 aromatic heterocycles. The Kier molecular flexibility index (Phi) is 6.25. The third-order valence-corrected chi connectivity index (χ3v) is 6.24. The molecule has 0 bridgehead atoms. The number of carbonyl (C=O) groups is 1. The van der Waals surface area contributed by atoms with Gasteiger partial charge < -0.3 is 5.32 Å². The Balaban J connectivity index is 1.40. The molecule has 0 spiro atoms. The maximum absolute atomic E-state index is 13.3. The summed E-state index contributed by atoms with van der Waals surface area (Å²) in [6.45, 7) is 2.03. The molecule has 1 amide bonds. The van der Waals surface area contributed by atoms with Crippen LogP contribution in [0.15, 0.2) is 71.2 Å². The van der Waals surface area contributed by atoms with Crippen LogP contribution >= 0.6 is 23.1 Å². The normalized spacial score (nSPS) is 11.9. The summed E-state index contributed by atoms with van der Waals surface area (Å²) in [7, 11) is 0. The van der Waals surface area contributed by atoms with Gasteiger partial charge in [0.2, 0.25) is 11.1 Å². The summed E-state index contributed by atoms with van der Waals surface area (Å²) < 4.78 is 13.3. The Morgan fingerprint density at radius 2 is 1.93 bits per heavy atom. The first kappa shape index (κ1) is 20.3. The molecular formula is C22H19FN4OS2. The molecule has 0 aliphatic carbocycles. The summed E-state index contributed by atoms with van der Waals surface area (Å²) in [5, 5.41) is 12.6. The Morgan fingerprint density at radius 3 is 2.63 bits per heavy atom. The number of hydrogen-bond acceptors (Lipinski definition) is 5. The number of carbonyl (C=O) groups excluding carboxylic acids is 1. The van der Waals surface area contributed by atoms with Crippen molar-refractivity contribution in [3.8, 4) is 11.4 Å². The summed E-state index contributed by atoms with van der Waals surface area (Å²) in [5.74, 6) is 0.387. The van der Waals surface area contributed by atoms with Crippen molar-refractivity contribution in [1.29, 1.82) is 0 Å². The number of amides is 1. The Labute approximate surface area is 181 Å². The van der Waals surface area contributed by atoms with Crippen molar-refractivity contribution in [1.82, 2.24) is 20.5 Å². The zero-order valence-corrected chi connectivity index (χ0v) is 17.8. The van der Waals surface area contributed by atoms with Crippen molar-refractivity contribution in [2.45, 2.75) is 18.1 Å². The van der Waals surface area contributed by atoms with Gasteiger partial charge in [-0.05, 0) is 36.1 Å². The highest BCUT2D eigenvalue weighted by Crippen LogP contribution is 2.27. The molecule has 0 saturated carbocycles. The van der Waals surface area contributed by atoms with E-state index in [9.17, 15) is 9.18 Å². The van der Waals surface area contributed by atoms with E-state index in [2.05, 4.69) is 20.5 Å². The van der Waals surface area contributed by atoms with Crippen LogP contribution in [0.5, 0.6) is 0 Å². The first-order valence-corrected chi connectivity index (χ1v) is 11.2. The second kappa shape index (κ2) is 9.23. The largest absolute Gasteiger partial charge is 0.344 e. The van der Waals surface area contributed by atoms with Crippen LogP contribution in [-0.2, 0) is 4.79 Å². The molecular weight excluding hydrogens is 419 g/mol. The average molecular weight is 439 g/mol. The van der Waals surface area contributed by atoms with Gasteiger partial charge in [0.05, 0.1) is 11.8 Å². The SMILES string of the molecule is Cc1ccc(-c2nc(SCC(=O)NC(c3ccc(F)cc3)c3cccs3)n[nH]2)cc1. The predicted octanol–water partition coefficient (Wildman–Crippen LogP) is 4.98. The maximum Gasteiger partial charge on any atom is 0.231 e. The molecule has 0 saturated heterocycles. The first-order chi connectivity index (χ1) is 14.6. The van der Waals surface area contributed by atoms with Gasteiger partial charge in [0, 0.05) is 10.4 Å². The minimum Gasteiger partial charge on any atom is -0.344 e. The zero-order valence-electron chi connectivity index (χ0n) is 16.1. The van der Waals surface area contributed by atoms with Gasteiger partial charge >= 0.3 is 0 Å². The predicted molar refractivity (Wildman–Crippen MR) is 118 cm³/mol. The topological polar surface area (TPSA) is 70.7 Å². The van der Waals surface area contributed by atoms with Crippen LogP contribution in [-0.4, -0.2) is 26.8 Å². The lowest BCUT2D eigenvalue weighted by atomic mass is 10.1. The summed E-state index contributed by atoms with van der Waals surface area (Å²) in [5.41, 5.74) is 2.95. The van der Waals surface area contributed by atoms with E-state index in [-0.39, 0.29) is 23.5 Å². The second-order valence-corrected chi connectivity index (χ2v) is 8.61. The summed E-state index contributed by atoms with van der Waals surface area (Å²) in [4.78, 5) is 18.1. The van der Waals surface area contributed by atoms with Crippen LogP contribution in [0.4, 0.5) is 4.39 Å². The molecule has 1 atom stereocenters. The molecule has 2 aromatic carbocycles. The second-order valence-electron chi connectivity index (χ2n) is 6.69. The average Bonchev–Trinajstić information content (AvgIpc) is 3.44. The van der Waals surface area contributed by atoms with Gasteiger partial charge in [-0.3, -0.25) is 9.89 Å². The number of nitrogens with zero attached hydrogens (tertiary/aromatic N) is 2. The van der Waals surface area contributed by atoms with E-state index in [1.807, 2.05) is 48.7 Å². The van der Waals surface area contributed by atoms with Crippen LogP contribution in [0.25, 0.3) is 11.4 Å². The van der Waals surface area contributed by atoms with Gasteiger partial charge in [-0.1, -0.05) is 59.8 Å². The quantitative estimate of drug-likeness (QED) is 0.399. The molecule has 5 nitrogen and oxygen atoms in total. The molecule has 2 heterocycles. The van der Waals surface area contributed by atoms with Crippen molar-refractivity contribution in [2.24, 2.45) is 0 Å². The van der Waals surface area contributed by atoms with Crippen molar-refractivity contribution in [3.05, 3.63) is 87.9 Å². The summed E-state index contributed by atoms with van der Waals surface area (Å²) in [6, 6.07) is 17.7. The summed E-state index contributed by atoms with van der Waals surface area (Å²) in [6.07, 6.45) is 0. The number of H-pyrrole nitrogens is 1. The third-order valence-electron chi connectivity index (χ3n) is 4.46. The minimum atomic E-state index is -0.325. The van der Waals surface area contributed by atoms with Crippen LogP contribution in [0.3, 0.4) is 0 Å². The van der Waals surface area contributed by atoms with E-state index in [1.165, 1.54) is 29.5 Å². The Hall–Kier alpha value is -2.97. The highest BCUT2D eigenvalue weighted by molar-refractivity contribution is 7.99. The molecule has 4 aromatic rings. The minimum absolute atomic E-state index is 0.149. The number of hydrogen-bond donors (Lipinski definition) is 2. The molecule has 4 rings (SSSR count). The van der Waals surface area contributed by atoms with Gasteiger partial charge in [0.15, 0.2) is 5.82 Å². The number of halogens is 1. The van der Waals surface area contributed by atoms with Crippen molar-refractivity contribution >= 4 is 29.0 Å². The molecule has 0 fully saturated rings. The fraction of sp³-hybridized carbons (Fsp3) is 0.136. The lowest BCUT2D eigenvalue weighted by Gasteiger charge is -2.18. The van der Waals surface area contributed by atoms with E-state index in [0.717, 1.165) is 16.0 Å². The van der Waals surface area contributed by atoms with E-state index in [1.54, 1.807) is 23.5 Å². The van der Waals surface area contributed by atoms with Crippen LogP contribution < -0.4 is 5.32 Å². The van der Waals surface area contributed by atoms with E-state index in [4.69, 9.17) is 0 Å². The highest BCUT2D eigenvalue weighted by Gasteiger charge is 2.18. The number of thioether (sulfide) groups is 1. The fourth-order valence-corrected chi connectivity index (χ4v) is 4.33. The highest BCUT2D eigenvalue weighted by atomic mass is 32.2. The number of nitrogens with one attached hydrogen (secondary N) is 2. The zero-order chi connectivity index (χ0) is 20.9. The van der Waals surface area contributed by atoms with Gasteiger partial charge in [-0.2, -0.15) is 0 Å². The fourth-order valence-electron chi connectivity index (χ4n) is 2.91. The van der Waals surface area contributed by atoms with E-state index >= 15 is 0 Å². The van der Waals surface area contributed by atoms with Crippen molar-refractivity contribution in [3.63, 3.8) is 0 Å². The smallest absolute Gasteiger partial charge is 0.231 e. The molecule has 152 valence electrons. The number of benzene rings is 2. The third kappa shape index (κ3) is 4.95. The standard InChI is InChI=1S/C22H19FN4OS2/c1-14-4-6-16(7-5-14)21-25-22(27-26-21)30-13-19(28)24-20(18-3-2-12-29-18)15-8-10-17(23)11-9-15/h2-12,20H,13H2,1H3,(H,24,28)(H,25,26,27). The maximum atomic E-state index is 13.3. The molecule has 0 aliphatic heterocycles. The van der Waals surface area contributed by atoms with Gasteiger partial charge in [-0.25, -0.2) is 9.37 Å². The summed E-state index contributed by atoms with van der Waals surface area (Å²) >= 11 is 2.81. The van der Waals surface area contributed by atoms with Crippen LogP contribution in [0.1, 0.15) is 22.0 Å². The van der Waals surface area contributed by atoms with Gasteiger partial charge in [-0.15, -0.1) is 16.4 Å². The van der Waals surface area contributed by atoms with E-state index < -0.39 is 0 Å². The van der Waals surface area contributed by atoms with Crippen LogP contribution in [0, 0.1) is 12.7 Å². The Morgan fingerprint density at radius 1 is 1.17 bits per heavy atom. The molecule has 1 unspecified atom stereocenters. The molecule has 30 heavy (non-hydrogen) atoms. The lowest BCUT2D eigenvalue weighted by molar-refractivity contribution is -0.119. The molecule has 0 aliphatic rings. The van der Waals surface area contributed by atoms with Gasteiger partial charge in [0.25, 0.3) is 0 Å². The Bertz CT molecular complexity index is 1110. The number of aromatic amines is 1. The van der Waals surface area contributed by atoms with Gasteiger partial charge in [0.1, 0.15) is 5.82 Å². The number of aromatic nitrogens is 3. The molecule has 2 N–H and O–H groups in total. The van der Waals surface area contributed by atoms with Crippen LogP contribution in [0.2, 0.25) is 0 Å². The van der Waals surface area contributed by atoms with E-state index in [0.29, 0.717) is 11.0 Å². The number of aryl methyl sites for hydroxylation is 1. The van der Waals surface area contributed by atoms with Crippen molar-refractivity contribution < 1.29 is 9.18 Å². The van der Waals surface area contributed by atoms with Crippen molar-refractivity contribution in [2.75, 3.05) is 5.75 Å². The lowest BCUT2D eigenvalue weighted by Crippen LogP contribution is -2.30. The first-order valence-electron chi connectivity index (χ1n) is 9.29. The monoisotopic (exact) mass is 438 g/mol. The number of rotatable bonds is 7.